The monoisotopic (exact) mass is 268 g/mol. The molecule has 1 aliphatic carbocycles. The fourth-order valence-corrected chi connectivity index (χ4v) is 3.27. The number of hydrogen-bond acceptors (Lipinski definition) is 3. The molecule has 1 unspecified atom stereocenters. The lowest BCUT2D eigenvalue weighted by Gasteiger charge is -2.47. The van der Waals surface area contributed by atoms with Crippen LogP contribution in [0.15, 0.2) is 0 Å². The zero-order valence-corrected chi connectivity index (χ0v) is 11.6. The van der Waals surface area contributed by atoms with E-state index in [0.29, 0.717) is 19.6 Å². The van der Waals surface area contributed by atoms with E-state index < -0.39 is 5.97 Å². The molecule has 1 atom stereocenters. The van der Waals surface area contributed by atoms with Gasteiger partial charge >= 0.3 is 5.97 Å². The third kappa shape index (κ3) is 2.61. The highest BCUT2D eigenvalue weighted by Crippen LogP contribution is 2.39. The lowest BCUT2D eigenvalue weighted by Crippen LogP contribution is -2.59. The highest BCUT2D eigenvalue weighted by Gasteiger charge is 2.46. The highest BCUT2D eigenvalue weighted by molar-refractivity contribution is 5.84. The van der Waals surface area contributed by atoms with Crippen molar-refractivity contribution < 1.29 is 14.7 Å². The molecule has 19 heavy (non-hydrogen) atoms. The van der Waals surface area contributed by atoms with Crippen LogP contribution in [0, 0.1) is 17.3 Å². The Hall–Kier alpha value is -1.10. The Balaban J connectivity index is 1.93. The quantitative estimate of drug-likeness (QED) is 0.799. The predicted octanol–water partition coefficient (Wildman–Crippen LogP) is 1.07. The van der Waals surface area contributed by atoms with E-state index in [4.69, 9.17) is 10.8 Å². The van der Waals surface area contributed by atoms with Crippen LogP contribution >= 0.6 is 0 Å². The summed E-state index contributed by atoms with van der Waals surface area (Å²) in [6.07, 6.45) is 5.11. The van der Waals surface area contributed by atoms with Gasteiger partial charge in [-0.25, -0.2) is 0 Å². The van der Waals surface area contributed by atoms with E-state index >= 15 is 0 Å². The Kier molecular flexibility index (Phi) is 4.13. The Morgan fingerprint density at radius 3 is 2.37 bits per heavy atom. The van der Waals surface area contributed by atoms with Crippen molar-refractivity contribution in [3.05, 3.63) is 0 Å². The maximum Gasteiger partial charge on any atom is 0.306 e. The molecule has 3 N–H and O–H groups in total. The zero-order chi connectivity index (χ0) is 14.0. The maximum absolute atomic E-state index is 12.6. The number of nitrogens with two attached hydrogens (primary N) is 1. The fourth-order valence-electron chi connectivity index (χ4n) is 3.27. The lowest BCUT2D eigenvalue weighted by molar-refractivity contribution is -0.157. The molecule has 0 radical (unpaired) electrons. The van der Waals surface area contributed by atoms with Crippen LogP contribution in [-0.2, 0) is 9.59 Å². The molecule has 0 spiro atoms. The first kappa shape index (κ1) is 14.3. The van der Waals surface area contributed by atoms with Crippen LogP contribution in [0.1, 0.15) is 39.0 Å². The van der Waals surface area contributed by atoms with Crippen LogP contribution in [0.2, 0.25) is 0 Å². The van der Waals surface area contributed by atoms with Gasteiger partial charge < -0.3 is 15.7 Å². The predicted molar refractivity (Wildman–Crippen MR) is 71.4 cm³/mol. The largest absolute Gasteiger partial charge is 0.481 e. The van der Waals surface area contributed by atoms with Crippen molar-refractivity contribution in [2.24, 2.45) is 23.0 Å². The van der Waals surface area contributed by atoms with Gasteiger partial charge in [0.1, 0.15) is 0 Å². The van der Waals surface area contributed by atoms with Crippen molar-refractivity contribution in [3.63, 3.8) is 0 Å². The molecule has 1 heterocycles. The van der Waals surface area contributed by atoms with Gasteiger partial charge in [0.15, 0.2) is 0 Å². The van der Waals surface area contributed by atoms with Crippen molar-refractivity contribution in [3.8, 4) is 0 Å². The number of likely N-dealkylation sites (tertiary alicyclic amines) is 1. The number of carbonyl (C=O) groups is 2. The molecule has 5 nitrogen and oxygen atoms in total. The van der Waals surface area contributed by atoms with E-state index in [2.05, 4.69) is 0 Å². The second-order valence-electron chi connectivity index (χ2n) is 6.14. The van der Waals surface area contributed by atoms with Crippen LogP contribution in [-0.4, -0.2) is 41.5 Å². The SMILES string of the molecule is CC(C(=O)O)C1CN(C(=O)C2(CN)CCCCC2)C1. The molecule has 0 aromatic carbocycles. The Labute approximate surface area is 114 Å². The molecule has 5 heteroatoms. The molecule has 0 aromatic rings. The molecule has 0 aromatic heterocycles. The van der Waals surface area contributed by atoms with Gasteiger partial charge in [-0.2, -0.15) is 0 Å². The molecule has 2 rings (SSSR count). The third-order valence-corrected chi connectivity index (χ3v) is 4.95. The first-order valence-electron chi connectivity index (χ1n) is 7.22. The van der Waals surface area contributed by atoms with E-state index in [1.54, 1.807) is 6.92 Å². The van der Waals surface area contributed by atoms with Crippen molar-refractivity contribution in [1.82, 2.24) is 4.90 Å². The van der Waals surface area contributed by atoms with E-state index in [-0.39, 0.29) is 23.2 Å². The summed E-state index contributed by atoms with van der Waals surface area (Å²) >= 11 is 0. The average molecular weight is 268 g/mol. The summed E-state index contributed by atoms with van der Waals surface area (Å²) in [6.45, 7) is 3.29. The molecule has 1 amide bonds. The van der Waals surface area contributed by atoms with Crippen LogP contribution in [0.4, 0.5) is 0 Å². The molecule has 0 bridgehead atoms. The smallest absolute Gasteiger partial charge is 0.306 e. The molecule has 1 saturated carbocycles. The number of aliphatic carboxylic acids is 1. The first-order valence-corrected chi connectivity index (χ1v) is 7.22. The van der Waals surface area contributed by atoms with Gasteiger partial charge in [0.2, 0.25) is 5.91 Å². The number of nitrogens with zero attached hydrogens (tertiary/aromatic N) is 1. The van der Waals surface area contributed by atoms with Crippen LogP contribution in [0.25, 0.3) is 0 Å². The highest BCUT2D eigenvalue weighted by atomic mass is 16.4. The van der Waals surface area contributed by atoms with Gasteiger partial charge in [0.05, 0.1) is 11.3 Å². The summed E-state index contributed by atoms with van der Waals surface area (Å²) in [5.41, 5.74) is 5.49. The summed E-state index contributed by atoms with van der Waals surface area (Å²) in [5.74, 6) is -0.893. The minimum Gasteiger partial charge on any atom is -0.481 e. The van der Waals surface area contributed by atoms with Crippen molar-refractivity contribution in [1.29, 1.82) is 0 Å². The van der Waals surface area contributed by atoms with Crippen molar-refractivity contribution in [2.75, 3.05) is 19.6 Å². The number of amides is 1. The Morgan fingerprint density at radius 1 is 1.32 bits per heavy atom. The number of rotatable bonds is 4. The van der Waals surface area contributed by atoms with Gasteiger partial charge in [-0.15, -0.1) is 0 Å². The summed E-state index contributed by atoms with van der Waals surface area (Å²) in [6, 6.07) is 0. The Bertz CT molecular complexity index is 358. The van der Waals surface area contributed by atoms with Gasteiger partial charge in [0, 0.05) is 25.6 Å². The van der Waals surface area contributed by atoms with E-state index in [0.717, 1.165) is 25.7 Å². The first-order chi connectivity index (χ1) is 9.00. The fraction of sp³-hybridized carbons (Fsp3) is 0.857. The van der Waals surface area contributed by atoms with Gasteiger partial charge in [-0.3, -0.25) is 9.59 Å². The van der Waals surface area contributed by atoms with Crippen LogP contribution in [0.5, 0.6) is 0 Å². The summed E-state index contributed by atoms with van der Waals surface area (Å²) in [7, 11) is 0. The maximum atomic E-state index is 12.6. The minimum atomic E-state index is -0.775. The zero-order valence-electron chi connectivity index (χ0n) is 11.6. The summed E-state index contributed by atoms with van der Waals surface area (Å²) in [4.78, 5) is 25.3. The molecule has 2 fully saturated rings. The third-order valence-electron chi connectivity index (χ3n) is 4.95. The van der Waals surface area contributed by atoms with Gasteiger partial charge in [-0.05, 0) is 12.8 Å². The number of carbonyl (C=O) groups excluding carboxylic acids is 1. The van der Waals surface area contributed by atoms with Crippen molar-refractivity contribution in [2.45, 2.75) is 39.0 Å². The molecule has 1 saturated heterocycles. The molecule has 1 aliphatic heterocycles. The molecular weight excluding hydrogens is 244 g/mol. The Morgan fingerprint density at radius 2 is 1.89 bits per heavy atom. The summed E-state index contributed by atoms with van der Waals surface area (Å²) in [5, 5.41) is 8.96. The number of hydrogen-bond donors (Lipinski definition) is 2. The normalized spacial score (nSPS) is 24.6. The van der Waals surface area contributed by atoms with Gasteiger partial charge in [-0.1, -0.05) is 26.2 Å². The van der Waals surface area contributed by atoms with E-state index in [9.17, 15) is 9.59 Å². The summed E-state index contributed by atoms with van der Waals surface area (Å²) < 4.78 is 0. The van der Waals surface area contributed by atoms with Crippen LogP contribution < -0.4 is 5.73 Å². The van der Waals surface area contributed by atoms with Crippen LogP contribution in [0.3, 0.4) is 0 Å². The second-order valence-corrected chi connectivity index (χ2v) is 6.14. The topological polar surface area (TPSA) is 83.6 Å². The minimum absolute atomic E-state index is 0.0971. The number of carboxylic acids is 1. The molecule has 108 valence electrons. The molecule has 2 aliphatic rings. The average Bonchev–Trinajstić information content (AvgIpc) is 2.37. The second kappa shape index (κ2) is 5.49. The van der Waals surface area contributed by atoms with Gasteiger partial charge in [0.25, 0.3) is 0 Å². The number of carboxylic acid groups (broad SMARTS) is 1. The lowest BCUT2D eigenvalue weighted by atomic mass is 9.72. The van der Waals surface area contributed by atoms with Crippen molar-refractivity contribution >= 4 is 11.9 Å². The standard InChI is InChI=1S/C14H24N2O3/c1-10(12(17)18)11-7-16(8-11)13(19)14(9-15)5-3-2-4-6-14/h10-11H,2-9,15H2,1H3,(H,17,18). The van der Waals surface area contributed by atoms with E-state index in [1.807, 2.05) is 4.90 Å². The van der Waals surface area contributed by atoms with E-state index in [1.165, 1.54) is 6.42 Å². The molecular formula is C14H24N2O3.